The van der Waals surface area contributed by atoms with Gasteiger partial charge in [0.05, 0.1) is 27.4 Å². The highest BCUT2D eigenvalue weighted by atomic mass is 16.5. The number of nitrogens with zero attached hydrogens (tertiary/aromatic N) is 2. The number of carbonyl (C=O) groups is 2. The maximum Gasteiger partial charge on any atom is 0.329 e. The average molecular weight is 689 g/mol. The normalized spacial score (nSPS) is 26.1. The summed E-state index contributed by atoms with van der Waals surface area (Å²) in [6, 6.07) is 13.2. The van der Waals surface area contributed by atoms with E-state index >= 15 is 0 Å². The number of benzene rings is 2. The van der Waals surface area contributed by atoms with Crippen LogP contribution in [0.25, 0.3) is 0 Å². The van der Waals surface area contributed by atoms with E-state index in [0.29, 0.717) is 55.7 Å². The minimum atomic E-state index is -0.576. The minimum absolute atomic E-state index is 0.0779. The van der Waals surface area contributed by atoms with E-state index in [-0.39, 0.29) is 23.7 Å². The van der Waals surface area contributed by atoms with Crippen LogP contribution >= 0.6 is 0 Å². The molecule has 9 nitrogen and oxygen atoms in total. The zero-order chi connectivity index (χ0) is 34.9. The Morgan fingerprint density at radius 3 is 2.52 bits per heavy atom. The second kappa shape index (κ2) is 17.6. The summed E-state index contributed by atoms with van der Waals surface area (Å²) in [6.45, 7) is 7.50. The molecule has 2 aliphatic carbocycles. The third-order valence-electron chi connectivity index (χ3n) is 11.3. The molecule has 3 fully saturated rings. The molecule has 0 aromatic heterocycles. The highest BCUT2D eigenvalue weighted by molar-refractivity contribution is 5.87. The Labute approximate surface area is 298 Å². The SMILES string of the molecule is COc1ccc(CC[C@@H](OC(=O)[C@@H]2CCCCN2C(=O)[C@H]2[C@@H]3CCCC[C@H]3C=C[C@@H]2C)c2cccc(OCCN3CCOCC3)c2)cc1OC. The van der Waals surface area contributed by atoms with Crippen LogP contribution in [0.3, 0.4) is 0 Å². The van der Waals surface area contributed by atoms with E-state index in [0.717, 1.165) is 75.4 Å². The molecule has 0 spiro atoms. The third kappa shape index (κ3) is 8.83. The summed E-state index contributed by atoms with van der Waals surface area (Å²) in [5.74, 6) is 2.82. The molecule has 0 unspecified atom stereocenters. The topological polar surface area (TPSA) is 86.8 Å². The Bertz CT molecular complexity index is 1460. The number of likely N-dealkylation sites (tertiary alicyclic amines) is 1. The van der Waals surface area contributed by atoms with Gasteiger partial charge in [0.1, 0.15) is 24.5 Å². The van der Waals surface area contributed by atoms with Crippen LogP contribution in [0.4, 0.5) is 0 Å². The van der Waals surface area contributed by atoms with Crippen molar-refractivity contribution in [2.24, 2.45) is 23.7 Å². The maximum absolute atomic E-state index is 14.4. The fourth-order valence-corrected chi connectivity index (χ4v) is 8.51. The zero-order valence-corrected chi connectivity index (χ0v) is 30.2. The van der Waals surface area contributed by atoms with E-state index in [1.165, 1.54) is 12.8 Å². The van der Waals surface area contributed by atoms with Gasteiger partial charge in [0, 0.05) is 32.1 Å². The molecule has 1 saturated carbocycles. The van der Waals surface area contributed by atoms with Crippen LogP contribution in [0, 0.1) is 23.7 Å². The van der Waals surface area contributed by atoms with Crippen molar-refractivity contribution in [3.05, 3.63) is 65.7 Å². The molecule has 2 aliphatic heterocycles. The van der Waals surface area contributed by atoms with Crippen molar-refractivity contribution < 1.29 is 33.3 Å². The molecular formula is C41H56N2O7. The van der Waals surface area contributed by atoms with Gasteiger partial charge in [-0.1, -0.05) is 50.1 Å². The molecule has 4 aliphatic rings. The summed E-state index contributed by atoms with van der Waals surface area (Å²) in [6.07, 6.45) is 12.4. The Morgan fingerprint density at radius 2 is 1.70 bits per heavy atom. The van der Waals surface area contributed by atoms with Gasteiger partial charge in [-0.3, -0.25) is 9.69 Å². The number of aryl methyl sites for hydroxylation is 1. The van der Waals surface area contributed by atoms with Crippen molar-refractivity contribution in [2.75, 3.05) is 60.2 Å². The van der Waals surface area contributed by atoms with Gasteiger partial charge in [-0.15, -0.1) is 0 Å². The Hall–Kier alpha value is -3.56. The quantitative estimate of drug-likeness (QED) is 0.171. The van der Waals surface area contributed by atoms with Gasteiger partial charge in [0.2, 0.25) is 5.91 Å². The third-order valence-corrected chi connectivity index (χ3v) is 11.3. The van der Waals surface area contributed by atoms with Crippen LogP contribution in [0.5, 0.6) is 17.2 Å². The van der Waals surface area contributed by atoms with Crippen LogP contribution in [-0.4, -0.2) is 87.9 Å². The van der Waals surface area contributed by atoms with Crippen molar-refractivity contribution in [2.45, 2.75) is 76.9 Å². The number of allylic oxidation sites excluding steroid dienone is 2. The van der Waals surface area contributed by atoms with Gasteiger partial charge in [0.25, 0.3) is 0 Å². The Balaban J connectivity index is 1.19. The molecule has 50 heavy (non-hydrogen) atoms. The molecular weight excluding hydrogens is 632 g/mol. The molecule has 2 heterocycles. The van der Waals surface area contributed by atoms with Crippen molar-refractivity contribution in [1.29, 1.82) is 0 Å². The van der Waals surface area contributed by atoms with E-state index in [1.807, 2.05) is 47.4 Å². The summed E-state index contributed by atoms with van der Waals surface area (Å²) in [5, 5.41) is 0. The minimum Gasteiger partial charge on any atom is -0.493 e. The smallest absolute Gasteiger partial charge is 0.329 e. The van der Waals surface area contributed by atoms with E-state index < -0.39 is 12.1 Å². The van der Waals surface area contributed by atoms with Crippen molar-refractivity contribution >= 4 is 11.9 Å². The first-order valence-corrected chi connectivity index (χ1v) is 18.9. The Morgan fingerprint density at radius 1 is 0.900 bits per heavy atom. The number of rotatable bonds is 13. The summed E-state index contributed by atoms with van der Waals surface area (Å²) >= 11 is 0. The zero-order valence-electron chi connectivity index (χ0n) is 30.2. The number of ether oxygens (including phenoxy) is 5. The largest absolute Gasteiger partial charge is 0.493 e. The fourth-order valence-electron chi connectivity index (χ4n) is 8.51. The molecule has 0 radical (unpaired) electrons. The monoisotopic (exact) mass is 688 g/mol. The van der Waals surface area contributed by atoms with Gasteiger partial charge in [-0.05, 0) is 98.1 Å². The van der Waals surface area contributed by atoms with Gasteiger partial charge < -0.3 is 28.6 Å². The van der Waals surface area contributed by atoms with Gasteiger partial charge in [-0.25, -0.2) is 4.79 Å². The lowest BCUT2D eigenvalue weighted by Gasteiger charge is -2.44. The predicted octanol–water partition coefficient (Wildman–Crippen LogP) is 6.64. The van der Waals surface area contributed by atoms with E-state index in [9.17, 15) is 9.59 Å². The van der Waals surface area contributed by atoms with E-state index in [1.54, 1.807) is 14.2 Å². The maximum atomic E-state index is 14.4. The number of morpholine rings is 1. The molecule has 2 aromatic rings. The summed E-state index contributed by atoms with van der Waals surface area (Å²) in [4.78, 5) is 32.9. The van der Waals surface area contributed by atoms with E-state index in [2.05, 4.69) is 24.0 Å². The number of hydrogen-bond acceptors (Lipinski definition) is 8. The number of fused-ring (bicyclic) bond motifs is 1. The second-order valence-electron chi connectivity index (χ2n) is 14.5. The van der Waals surface area contributed by atoms with Crippen molar-refractivity contribution in [3.8, 4) is 17.2 Å². The van der Waals surface area contributed by atoms with Gasteiger partial charge >= 0.3 is 5.97 Å². The highest BCUT2D eigenvalue weighted by Crippen LogP contribution is 2.44. The van der Waals surface area contributed by atoms with Crippen LogP contribution in [0.15, 0.2) is 54.6 Å². The molecule has 6 rings (SSSR count). The van der Waals surface area contributed by atoms with E-state index in [4.69, 9.17) is 23.7 Å². The summed E-state index contributed by atoms with van der Waals surface area (Å²) in [7, 11) is 3.26. The highest BCUT2D eigenvalue weighted by Gasteiger charge is 2.45. The van der Waals surface area contributed by atoms with Gasteiger partial charge in [-0.2, -0.15) is 0 Å². The van der Waals surface area contributed by atoms with Crippen molar-refractivity contribution in [3.63, 3.8) is 0 Å². The first kappa shape index (κ1) is 36.2. The number of carbonyl (C=O) groups excluding carboxylic acids is 2. The van der Waals surface area contributed by atoms with Crippen LogP contribution in [0.2, 0.25) is 0 Å². The van der Waals surface area contributed by atoms with Gasteiger partial charge in [0.15, 0.2) is 11.5 Å². The first-order chi connectivity index (χ1) is 24.4. The fraction of sp³-hybridized carbons (Fsp3) is 0.610. The first-order valence-electron chi connectivity index (χ1n) is 18.9. The molecule has 6 atom stereocenters. The number of hydrogen-bond donors (Lipinski definition) is 0. The lowest BCUT2D eigenvalue weighted by molar-refractivity contribution is -0.164. The molecule has 1 amide bonds. The lowest BCUT2D eigenvalue weighted by atomic mass is 9.64. The second-order valence-corrected chi connectivity index (χ2v) is 14.5. The Kier molecular flexibility index (Phi) is 12.7. The standard InChI is InChI=1S/C41H56N2O7/c1-29-14-17-31-9-4-5-12-34(31)39(29)40(44)43-20-7-6-13-35(43)41(45)50-36(18-15-30-16-19-37(46-2)38(27-30)47-3)32-10-8-11-33(28-32)49-26-23-42-21-24-48-25-22-42/h8,10-11,14,16-17,19,27-29,31,34-36,39H,4-7,9,12-13,15,18,20-26H2,1-3H3/t29-,31-,34+,35-,36+,39+/m0/s1. The molecule has 272 valence electrons. The molecule has 0 N–H and O–H groups in total. The van der Waals surface area contributed by atoms with Crippen LogP contribution < -0.4 is 14.2 Å². The number of methoxy groups -OCH3 is 2. The van der Waals surface area contributed by atoms with Crippen LogP contribution in [0.1, 0.15) is 75.5 Å². The number of esters is 1. The van der Waals surface area contributed by atoms with Crippen LogP contribution in [-0.2, 0) is 25.5 Å². The average Bonchev–Trinajstić information content (AvgIpc) is 3.16. The molecule has 2 saturated heterocycles. The number of amides is 1. The number of piperidine rings is 1. The summed E-state index contributed by atoms with van der Waals surface area (Å²) in [5.41, 5.74) is 1.94. The lowest BCUT2D eigenvalue weighted by Crippen LogP contribution is -2.54. The molecule has 2 aromatic carbocycles. The summed E-state index contributed by atoms with van der Waals surface area (Å²) < 4.78 is 29.1. The molecule has 0 bridgehead atoms. The molecule has 9 heteroatoms. The van der Waals surface area contributed by atoms with Crippen molar-refractivity contribution in [1.82, 2.24) is 9.80 Å². The predicted molar refractivity (Wildman–Crippen MR) is 192 cm³/mol.